The van der Waals surface area contributed by atoms with E-state index in [0.717, 1.165) is 50.3 Å². The van der Waals surface area contributed by atoms with Gasteiger partial charge in [-0.2, -0.15) is 0 Å². The number of imidazole rings is 1. The van der Waals surface area contributed by atoms with E-state index in [-0.39, 0.29) is 17.9 Å². The standard InChI is InChI=1S/C22H36N6O2/c1-15-19(26-20(24-15)17-6-5-9-23-14-17)22(30)28-12-10-27(11-13-28)16(2)21(29)25-18-7-3-4-8-18/h16-18,23H,3-14H2,1-2H3,(H,24,26)(H,25,29)/t16-,17+/m1/s1. The first-order valence-corrected chi connectivity index (χ1v) is 11.6. The fourth-order valence-electron chi connectivity index (χ4n) is 4.99. The minimum absolute atomic E-state index is 0.00137. The molecule has 1 aromatic heterocycles. The van der Waals surface area contributed by atoms with Gasteiger partial charge in [-0.3, -0.25) is 14.5 Å². The summed E-state index contributed by atoms with van der Waals surface area (Å²) < 4.78 is 0. The Balaban J connectivity index is 1.31. The maximum Gasteiger partial charge on any atom is 0.274 e. The van der Waals surface area contributed by atoms with Crippen LogP contribution >= 0.6 is 0 Å². The number of piperazine rings is 1. The van der Waals surface area contributed by atoms with Crippen molar-refractivity contribution in [1.82, 2.24) is 30.4 Å². The SMILES string of the molecule is Cc1[nH]c([C@H]2CCCNC2)nc1C(=O)N1CCN([C@H](C)C(=O)NC2CCCC2)CC1. The van der Waals surface area contributed by atoms with Gasteiger partial charge in [0.2, 0.25) is 5.91 Å². The first-order chi connectivity index (χ1) is 14.5. The highest BCUT2D eigenvalue weighted by molar-refractivity contribution is 5.93. The van der Waals surface area contributed by atoms with Crippen molar-refractivity contribution in [3.63, 3.8) is 0 Å². The van der Waals surface area contributed by atoms with Gasteiger partial charge in [0.25, 0.3) is 5.91 Å². The Kier molecular flexibility index (Phi) is 6.73. The third kappa shape index (κ3) is 4.70. The summed E-state index contributed by atoms with van der Waals surface area (Å²) in [5.74, 6) is 1.41. The number of hydrogen-bond donors (Lipinski definition) is 3. The largest absolute Gasteiger partial charge is 0.352 e. The molecule has 8 heteroatoms. The number of amides is 2. The fourth-order valence-corrected chi connectivity index (χ4v) is 4.99. The molecule has 2 saturated heterocycles. The van der Waals surface area contributed by atoms with Crippen LogP contribution in [0.1, 0.15) is 73.4 Å². The monoisotopic (exact) mass is 416 g/mol. The molecule has 2 amide bonds. The van der Waals surface area contributed by atoms with Crippen LogP contribution in [0.2, 0.25) is 0 Å². The summed E-state index contributed by atoms with van der Waals surface area (Å²) in [4.78, 5) is 37.8. The smallest absolute Gasteiger partial charge is 0.274 e. The van der Waals surface area contributed by atoms with Gasteiger partial charge in [0.05, 0.1) is 6.04 Å². The van der Waals surface area contributed by atoms with Crippen LogP contribution in [0.15, 0.2) is 0 Å². The van der Waals surface area contributed by atoms with Crippen molar-refractivity contribution in [1.29, 1.82) is 0 Å². The fraction of sp³-hybridized carbons (Fsp3) is 0.773. The van der Waals surface area contributed by atoms with E-state index < -0.39 is 0 Å². The van der Waals surface area contributed by atoms with Crippen molar-refractivity contribution in [2.75, 3.05) is 39.3 Å². The maximum absolute atomic E-state index is 13.1. The van der Waals surface area contributed by atoms with E-state index >= 15 is 0 Å². The van der Waals surface area contributed by atoms with Crippen LogP contribution in [0.3, 0.4) is 0 Å². The molecule has 0 radical (unpaired) electrons. The zero-order valence-electron chi connectivity index (χ0n) is 18.4. The van der Waals surface area contributed by atoms with E-state index in [0.29, 0.717) is 43.8 Å². The molecule has 3 N–H and O–H groups in total. The molecule has 3 fully saturated rings. The second-order valence-electron chi connectivity index (χ2n) is 9.13. The molecule has 8 nitrogen and oxygen atoms in total. The normalized spacial score (nSPS) is 24.7. The molecular weight excluding hydrogens is 380 g/mol. The lowest BCUT2D eigenvalue weighted by atomic mass is 9.99. The van der Waals surface area contributed by atoms with Gasteiger partial charge < -0.3 is 20.5 Å². The number of hydrogen-bond acceptors (Lipinski definition) is 5. The second-order valence-corrected chi connectivity index (χ2v) is 9.13. The Labute approximate surface area is 179 Å². The summed E-state index contributed by atoms with van der Waals surface area (Å²) in [6, 6.07) is 0.194. The molecular formula is C22H36N6O2. The molecule has 2 atom stereocenters. The molecule has 0 bridgehead atoms. The summed E-state index contributed by atoms with van der Waals surface area (Å²) in [6.45, 7) is 8.58. The molecule has 1 aromatic rings. The quantitative estimate of drug-likeness (QED) is 0.675. The molecule has 1 aliphatic carbocycles. The van der Waals surface area contributed by atoms with Gasteiger partial charge in [0.15, 0.2) is 0 Å². The van der Waals surface area contributed by atoms with Gasteiger partial charge in [0.1, 0.15) is 11.5 Å². The van der Waals surface area contributed by atoms with Crippen LogP contribution in [-0.4, -0.2) is 82.9 Å². The summed E-state index contributed by atoms with van der Waals surface area (Å²) in [6.07, 6.45) is 6.87. The van der Waals surface area contributed by atoms with Crippen LogP contribution in [0, 0.1) is 6.92 Å². The van der Waals surface area contributed by atoms with Crippen molar-refractivity contribution in [2.24, 2.45) is 0 Å². The third-order valence-corrected chi connectivity index (χ3v) is 7.02. The van der Waals surface area contributed by atoms with Crippen LogP contribution in [-0.2, 0) is 4.79 Å². The summed E-state index contributed by atoms with van der Waals surface area (Å²) in [5.41, 5.74) is 1.41. The minimum Gasteiger partial charge on any atom is -0.352 e. The zero-order valence-corrected chi connectivity index (χ0v) is 18.4. The summed E-state index contributed by atoms with van der Waals surface area (Å²) >= 11 is 0. The zero-order chi connectivity index (χ0) is 21.1. The van der Waals surface area contributed by atoms with E-state index in [1.54, 1.807) is 0 Å². The van der Waals surface area contributed by atoms with Gasteiger partial charge in [-0.05, 0) is 46.1 Å². The topological polar surface area (TPSA) is 93.4 Å². The summed E-state index contributed by atoms with van der Waals surface area (Å²) in [5, 5.41) is 6.60. The Morgan fingerprint density at radius 2 is 1.83 bits per heavy atom. The van der Waals surface area contributed by atoms with Crippen molar-refractivity contribution < 1.29 is 9.59 Å². The van der Waals surface area contributed by atoms with Gasteiger partial charge >= 0.3 is 0 Å². The molecule has 0 unspecified atom stereocenters. The average Bonchev–Trinajstić information content (AvgIpc) is 3.43. The Hall–Kier alpha value is -1.93. The molecule has 166 valence electrons. The number of aromatic amines is 1. The number of carbonyl (C=O) groups is 2. The third-order valence-electron chi connectivity index (χ3n) is 7.02. The van der Waals surface area contributed by atoms with Gasteiger partial charge in [0, 0.05) is 50.4 Å². The number of aromatic nitrogens is 2. The highest BCUT2D eigenvalue weighted by Gasteiger charge is 2.31. The van der Waals surface area contributed by atoms with E-state index in [9.17, 15) is 9.59 Å². The number of carbonyl (C=O) groups excluding carboxylic acids is 2. The second kappa shape index (κ2) is 9.47. The van der Waals surface area contributed by atoms with Crippen LogP contribution < -0.4 is 10.6 Å². The number of nitrogens with one attached hydrogen (secondary N) is 3. The van der Waals surface area contributed by atoms with Crippen LogP contribution in [0.5, 0.6) is 0 Å². The molecule has 4 rings (SSSR count). The molecule has 3 heterocycles. The number of nitrogens with zero attached hydrogens (tertiary/aromatic N) is 3. The van der Waals surface area contributed by atoms with Crippen molar-refractivity contribution >= 4 is 11.8 Å². The lowest BCUT2D eigenvalue weighted by molar-refractivity contribution is -0.127. The molecule has 3 aliphatic rings. The minimum atomic E-state index is -0.152. The number of piperidine rings is 1. The highest BCUT2D eigenvalue weighted by Crippen LogP contribution is 2.23. The molecule has 30 heavy (non-hydrogen) atoms. The van der Waals surface area contributed by atoms with Crippen molar-refractivity contribution in [2.45, 2.75) is 70.4 Å². The number of rotatable bonds is 5. The Morgan fingerprint density at radius 3 is 2.50 bits per heavy atom. The Bertz CT molecular complexity index is 743. The van der Waals surface area contributed by atoms with Crippen molar-refractivity contribution in [3.05, 3.63) is 17.2 Å². The predicted molar refractivity (Wildman–Crippen MR) is 116 cm³/mol. The first-order valence-electron chi connectivity index (χ1n) is 11.6. The maximum atomic E-state index is 13.1. The first kappa shape index (κ1) is 21.3. The van der Waals surface area contributed by atoms with Crippen LogP contribution in [0.25, 0.3) is 0 Å². The lowest BCUT2D eigenvalue weighted by Gasteiger charge is -2.37. The van der Waals surface area contributed by atoms with Gasteiger partial charge in [-0.15, -0.1) is 0 Å². The van der Waals surface area contributed by atoms with Crippen LogP contribution in [0.4, 0.5) is 0 Å². The Morgan fingerprint density at radius 1 is 1.10 bits per heavy atom. The highest BCUT2D eigenvalue weighted by atomic mass is 16.2. The summed E-state index contributed by atoms with van der Waals surface area (Å²) in [7, 11) is 0. The van der Waals surface area contributed by atoms with E-state index in [1.165, 1.54) is 12.8 Å². The predicted octanol–water partition coefficient (Wildman–Crippen LogP) is 1.39. The van der Waals surface area contributed by atoms with E-state index in [4.69, 9.17) is 0 Å². The molecule has 0 aromatic carbocycles. The number of aryl methyl sites for hydroxylation is 1. The van der Waals surface area contributed by atoms with E-state index in [2.05, 4.69) is 25.5 Å². The molecule has 2 aliphatic heterocycles. The molecule has 1 saturated carbocycles. The van der Waals surface area contributed by atoms with E-state index in [1.807, 2.05) is 18.7 Å². The van der Waals surface area contributed by atoms with Gasteiger partial charge in [-0.1, -0.05) is 12.8 Å². The van der Waals surface area contributed by atoms with Crippen molar-refractivity contribution in [3.8, 4) is 0 Å². The molecule has 0 spiro atoms. The van der Waals surface area contributed by atoms with Gasteiger partial charge in [-0.25, -0.2) is 4.98 Å². The number of H-pyrrole nitrogens is 1. The lowest BCUT2D eigenvalue weighted by Crippen LogP contribution is -2.55. The average molecular weight is 417 g/mol.